The lowest BCUT2D eigenvalue weighted by atomic mass is 9.95. The Kier molecular flexibility index (Phi) is 4.78. The molecule has 0 spiro atoms. The number of para-hydroxylation sites is 2. The van der Waals surface area contributed by atoms with E-state index >= 15 is 0 Å². The highest BCUT2D eigenvalue weighted by molar-refractivity contribution is 6.22. The summed E-state index contributed by atoms with van der Waals surface area (Å²) in [6.45, 7) is 12.3. The highest BCUT2D eigenvalue weighted by atomic mass is 16.3. The van der Waals surface area contributed by atoms with E-state index in [9.17, 15) is 0 Å². The number of hydrogen-bond acceptors (Lipinski definition) is 2. The van der Waals surface area contributed by atoms with E-state index in [1.807, 2.05) is 36.4 Å². The van der Waals surface area contributed by atoms with Crippen molar-refractivity contribution in [2.75, 3.05) is 0 Å². The largest absolute Gasteiger partial charge is 0.465 e. The summed E-state index contributed by atoms with van der Waals surface area (Å²) in [7, 11) is 0. The summed E-state index contributed by atoms with van der Waals surface area (Å²) < 4.78 is 15.3. The Morgan fingerprint density at radius 1 is 0.558 bits per heavy atom. The molecule has 0 aliphatic rings. The molecule has 4 nitrogen and oxygen atoms in total. The Morgan fingerprint density at radius 3 is 2.00 bits per heavy atom. The molecule has 0 atom stereocenters. The maximum absolute atomic E-state index is 7.98. The zero-order valence-electron chi connectivity index (χ0n) is 23.6. The molecule has 4 heteroatoms. The summed E-state index contributed by atoms with van der Waals surface area (Å²) >= 11 is 0. The normalized spacial score (nSPS) is 11.9. The molecule has 9 rings (SSSR count). The van der Waals surface area contributed by atoms with Gasteiger partial charge in [-0.1, -0.05) is 77.9 Å². The van der Waals surface area contributed by atoms with Crippen LogP contribution >= 0.6 is 0 Å². The minimum absolute atomic E-state index is 0.499. The fraction of sp³-hybridized carbons (Fsp3) is 0.0513. The van der Waals surface area contributed by atoms with Gasteiger partial charge in [0.1, 0.15) is 16.7 Å². The summed E-state index contributed by atoms with van der Waals surface area (Å²) in [6, 6.07) is 37.8. The van der Waals surface area contributed by atoms with Gasteiger partial charge in [-0.3, -0.25) is 0 Å². The summed E-state index contributed by atoms with van der Waals surface area (Å²) in [5, 5.41) is 6.48. The van der Waals surface area contributed by atoms with Crippen molar-refractivity contribution in [1.82, 2.24) is 4.57 Å². The molecule has 0 saturated carbocycles. The summed E-state index contributed by atoms with van der Waals surface area (Å²) in [5.41, 5.74) is 11.3. The van der Waals surface area contributed by atoms with Crippen molar-refractivity contribution in [3.63, 3.8) is 0 Å². The number of aromatic nitrogens is 1. The van der Waals surface area contributed by atoms with Crippen LogP contribution in [0, 0.1) is 20.4 Å². The van der Waals surface area contributed by atoms with Gasteiger partial charge in [0.2, 0.25) is 5.69 Å². The third kappa shape index (κ3) is 3.25. The highest BCUT2D eigenvalue weighted by Gasteiger charge is 2.22. The van der Waals surface area contributed by atoms with E-state index in [1.54, 1.807) is 0 Å². The molecule has 0 radical (unpaired) electrons. The molecule has 0 N–H and O–H groups in total. The summed E-state index contributed by atoms with van der Waals surface area (Å²) in [4.78, 5) is 3.87. The quantitative estimate of drug-likeness (QED) is 0.200. The van der Waals surface area contributed by atoms with Crippen molar-refractivity contribution >= 4 is 71.4 Å². The van der Waals surface area contributed by atoms with E-state index in [-0.39, 0.29) is 0 Å². The van der Waals surface area contributed by atoms with Gasteiger partial charge >= 0.3 is 0 Å². The molecule has 0 aliphatic carbocycles. The molecule has 0 unspecified atom stereocenters. The lowest BCUT2D eigenvalue weighted by Crippen LogP contribution is -1.94. The number of hydrogen-bond donors (Lipinski definition) is 0. The van der Waals surface area contributed by atoms with E-state index in [4.69, 9.17) is 15.4 Å². The zero-order chi connectivity index (χ0) is 28.8. The Morgan fingerprint density at radius 2 is 1.23 bits per heavy atom. The van der Waals surface area contributed by atoms with Gasteiger partial charge in [0, 0.05) is 32.3 Å². The van der Waals surface area contributed by atoms with Crippen LogP contribution in [0.2, 0.25) is 0 Å². The molecule has 0 fully saturated rings. The third-order valence-corrected chi connectivity index (χ3v) is 8.73. The molecule has 3 heterocycles. The van der Waals surface area contributed by atoms with Crippen molar-refractivity contribution in [1.29, 1.82) is 0 Å². The zero-order valence-corrected chi connectivity index (χ0v) is 23.6. The fourth-order valence-corrected chi connectivity index (χ4v) is 6.87. The first-order valence-electron chi connectivity index (χ1n) is 14.4. The van der Waals surface area contributed by atoms with Gasteiger partial charge in [-0.25, -0.2) is 4.85 Å². The van der Waals surface area contributed by atoms with Gasteiger partial charge in [-0.2, -0.15) is 0 Å². The van der Waals surface area contributed by atoms with Crippen LogP contribution in [-0.2, 0) is 0 Å². The number of benzene rings is 6. The Bertz CT molecular complexity index is 2600. The van der Waals surface area contributed by atoms with Gasteiger partial charge in [0.25, 0.3) is 0 Å². The van der Waals surface area contributed by atoms with Crippen LogP contribution in [0.25, 0.3) is 87.3 Å². The minimum atomic E-state index is 0.499. The van der Waals surface area contributed by atoms with Crippen LogP contribution in [0.1, 0.15) is 11.1 Å². The van der Waals surface area contributed by atoms with Crippen LogP contribution in [0.5, 0.6) is 0 Å². The second kappa shape index (κ2) is 8.61. The van der Waals surface area contributed by atoms with Crippen LogP contribution in [0.4, 0.5) is 5.69 Å². The van der Waals surface area contributed by atoms with Crippen LogP contribution in [0.3, 0.4) is 0 Å². The highest BCUT2D eigenvalue weighted by Crippen LogP contribution is 2.46. The fourth-order valence-electron chi connectivity index (χ4n) is 6.87. The summed E-state index contributed by atoms with van der Waals surface area (Å²) in [6.07, 6.45) is 0. The first kappa shape index (κ1) is 23.9. The molecule has 202 valence electrons. The molecule has 0 aliphatic heterocycles. The SMILES string of the molecule is [C-]#[N+]c1ccc(-c2cccc3oc4ccccc4c23)c2c1oc1c(-n3c4ccc(C)cc4c4cc(C)ccc43)cccc12. The maximum atomic E-state index is 7.98. The smallest absolute Gasteiger partial charge is 0.229 e. The lowest BCUT2D eigenvalue weighted by molar-refractivity contribution is 0.668. The van der Waals surface area contributed by atoms with Crippen molar-refractivity contribution < 1.29 is 8.83 Å². The predicted octanol–water partition coefficient (Wildman–Crippen LogP) is 11.4. The average molecular weight is 553 g/mol. The van der Waals surface area contributed by atoms with E-state index in [0.29, 0.717) is 11.3 Å². The topological polar surface area (TPSA) is 35.6 Å². The second-order valence-corrected chi connectivity index (χ2v) is 11.4. The molecular weight excluding hydrogens is 528 g/mol. The summed E-state index contributed by atoms with van der Waals surface area (Å²) in [5.74, 6) is 0. The van der Waals surface area contributed by atoms with Crippen LogP contribution in [0.15, 0.2) is 118 Å². The Hall–Kier alpha value is -5.79. The molecule has 0 bridgehead atoms. The van der Waals surface area contributed by atoms with Gasteiger partial charge in [0.05, 0.1) is 23.3 Å². The first-order valence-corrected chi connectivity index (χ1v) is 14.4. The predicted molar refractivity (Wildman–Crippen MR) is 177 cm³/mol. The first-order chi connectivity index (χ1) is 21.1. The van der Waals surface area contributed by atoms with Gasteiger partial charge in [0.15, 0.2) is 5.58 Å². The van der Waals surface area contributed by atoms with Crippen molar-refractivity contribution in [2.24, 2.45) is 0 Å². The van der Waals surface area contributed by atoms with Crippen molar-refractivity contribution in [3.05, 3.63) is 132 Å². The maximum Gasteiger partial charge on any atom is 0.229 e. The van der Waals surface area contributed by atoms with E-state index < -0.39 is 0 Å². The number of rotatable bonds is 2. The molecule has 9 aromatic rings. The Balaban J connectivity index is 1.42. The number of fused-ring (bicyclic) bond motifs is 9. The van der Waals surface area contributed by atoms with Crippen molar-refractivity contribution in [3.8, 4) is 16.8 Å². The van der Waals surface area contributed by atoms with Crippen molar-refractivity contribution in [2.45, 2.75) is 13.8 Å². The van der Waals surface area contributed by atoms with Gasteiger partial charge in [-0.15, -0.1) is 0 Å². The molecular formula is C39H24N2O2. The number of nitrogens with zero attached hydrogens (tertiary/aromatic N) is 2. The van der Waals surface area contributed by atoms with E-state index in [1.165, 1.54) is 21.9 Å². The van der Waals surface area contributed by atoms with E-state index in [0.717, 1.165) is 66.1 Å². The molecule has 3 aromatic heterocycles. The molecule has 43 heavy (non-hydrogen) atoms. The standard InChI is InChI=1S/C39H24N2O2/c1-22-14-18-31-28(20-22)29-21-23(2)15-19-32(29)41(31)33-11-6-10-27-37-25(16-17-30(40-3)39(37)43-38(27)33)24-9-7-13-35-36(24)26-8-4-5-12-34(26)42-35/h4-21H,1-2H3. The molecule has 0 amide bonds. The van der Waals surface area contributed by atoms with E-state index in [2.05, 4.69) is 96.1 Å². The second-order valence-electron chi connectivity index (χ2n) is 11.4. The lowest BCUT2D eigenvalue weighted by Gasteiger charge is -2.09. The van der Waals surface area contributed by atoms with Gasteiger partial charge < -0.3 is 13.4 Å². The molecule has 0 saturated heterocycles. The number of furan rings is 2. The van der Waals surface area contributed by atoms with Gasteiger partial charge in [-0.05, 0) is 67.4 Å². The third-order valence-electron chi connectivity index (χ3n) is 8.73. The number of aryl methyl sites for hydroxylation is 2. The minimum Gasteiger partial charge on any atom is -0.465 e. The van der Waals surface area contributed by atoms with Crippen LogP contribution in [-0.4, -0.2) is 4.57 Å². The monoisotopic (exact) mass is 552 g/mol. The average Bonchev–Trinajstić information content (AvgIpc) is 3.70. The Labute approximate surface area is 246 Å². The van der Waals surface area contributed by atoms with Crippen LogP contribution < -0.4 is 0 Å². The molecule has 6 aromatic carbocycles.